The van der Waals surface area contributed by atoms with E-state index >= 15 is 0 Å². The Kier molecular flexibility index (Phi) is 2.63. The molecule has 5 nitrogen and oxygen atoms in total. The minimum Gasteiger partial charge on any atom is -0.496 e. The highest BCUT2D eigenvalue weighted by Crippen LogP contribution is 2.39. The van der Waals surface area contributed by atoms with Gasteiger partial charge in [-0.25, -0.2) is 15.0 Å². The van der Waals surface area contributed by atoms with Crippen molar-refractivity contribution in [3.05, 3.63) is 30.2 Å². The van der Waals surface area contributed by atoms with Crippen molar-refractivity contribution in [1.82, 2.24) is 19.9 Å². The standard InChI is InChI=1S/C14H12N4OS/c1-19-11-5-12-8(2-3-20-12)4-9(11)13-17-10-6-15-7-16-14(10)18-13/h4-7H,2-3H2,1H3,(H,15,16,17,18). The van der Waals surface area contributed by atoms with E-state index < -0.39 is 0 Å². The zero-order valence-electron chi connectivity index (χ0n) is 10.9. The molecular weight excluding hydrogens is 272 g/mol. The van der Waals surface area contributed by atoms with Crippen LogP contribution in [0.5, 0.6) is 5.75 Å². The van der Waals surface area contributed by atoms with E-state index in [9.17, 15) is 0 Å². The number of H-pyrrole nitrogens is 1. The smallest absolute Gasteiger partial charge is 0.181 e. The van der Waals surface area contributed by atoms with Crippen molar-refractivity contribution in [1.29, 1.82) is 0 Å². The summed E-state index contributed by atoms with van der Waals surface area (Å²) in [5, 5.41) is 0. The van der Waals surface area contributed by atoms with Gasteiger partial charge >= 0.3 is 0 Å². The molecular formula is C14H12N4OS. The second-order valence-electron chi connectivity index (χ2n) is 4.60. The summed E-state index contributed by atoms with van der Waals surface area (Å²) in [5.74, 6) is 2.75. The van der Waals surface area contributed by atoms with Gasteiger partial charge < -0.3 is 9.72 Å². The lowest BCUT2D eigenvalue weighted by molar-refractivity contribution is 0.415. The molecule has 0 radical (unpaired) electrons. The molecule has 1 aliphatic rings. The Labute approximate surface area is 119 Å². The van der Waals surface area contributed by atoms with Crippen LogP contribution in [0.1, 0.15) is 5.56 Å². The molecule has 0 aliphatic carbocycles. The lowest BCUT2D eigenvalue weighted by Crippen LogP contribution is -1.92. The normalized spacial score (nSPS) is 13.7. The number of hydrogen-bond acceptors (Lipinski definition) is 5. The monoisotopic (exact) mass is 284 g/mol. The van der Waals surface area contributed by atoms with Crippen LogP contribution >= 0.6 is 11.8 Å². The van der Waals surface area contributed by atoms with E-state index in [1.807, 2.05) is 11.8 Å². The molecule has 0 amide bonds. The van der Waals surface area contributed by atoms with Crippen molar-refractivity contribution in [2.45, 2.75) is 11.3 Å². The van der Waals surface area contributed by atoms with Gasteiger partial charge in [0, 0.05) is 10.6 Å². The van der Waals surface area contributed by atoms with E-state index in [1.165, 1.54) is 16.8 Å². The van der Waals surface area contributed by atoms with Crippen molar-refractivity contribution in [3.8, 4) is 17.1 Å². The van der Waals surface area contributed by atoms with Crippen LogP contribution in [0, 0.1) is 0 Å². The summed E-state index contributed by atoms with van der Waals surface area (Å²) in [7, 11) is 1.69. The summed E-state index contributed by atoms with van der Waals surface area (Å²) < 4.78 is 5.51. The Bertz CT molecular complexity index is 766. The van der Waals surface area contributed by atoms with Gasteiger partial charge in [0.15, 0.2) is 5.65 Å². The average Bonchev–Trinajstić information content (AvgIpc) is 3.11. The quantitative estimate of drug-likeness (QED) is 0.784. The molecule has 1 aromatic carbocycles. The van der Waals surface area contributed by atoms with Gasteiger partial charge in [-0.15, -0.1) is 11.8 Å². The number of methoxy groups -OCH3 is 1. The van der Waals surface area contributed by atoms with E-state index in [0.29, 0.717) is 5.65 Å². The maximum Gasteiger partial charge on any atom is 0.181 e. The number of aromatic amines is 1. The van der Waals surface area contributed by atoms with Crippen molar-refractivity contribution < 1.29 is 4.74 Å². The highest BCUT2D eigenvalue weighted by atomic mass is 32.2. The fourth-order valence-corrected chi connectivity index (χ4v) is 3.53. The highest BCUT2D eigenvalue weighted by molar-refractivity contribution is 7.99. The van der Waals surface area contributed by atoms with Crippen LogP contribution in [-0.2, 0) is 6.42 Å². The van der Waals surface area contributed by atoms with Gasteiger partial charge in [0.2, 0.25) is 0 Å². The van der Waals surface area contributed by atoms with Crippen molar-refractivity contribution in [2.24, 2.45) is 0 Å². The fourth-order valence-electron chi connectivity index (χ4n) is 2.45. The highest BCUT2D eigenvalue weighted by Gasteiger charge is 2.18. The largest absolute Gasteiger partial charge is 0.496 e. The lowest BCUT2D eigenvalue weighted by atomic mass is 10.1. The molecule has 20 heavy (non-hydrogen) atoms. The number of ether oxygens (including phenoxy) is 1. The summed E-state index contributed by atoms with van der Waals surface area (Å²) >= 11 is 1.87. The van der Waals surface area contributed by atoms with Crippen LogP contribution in [-0.4, -0.2) is 32.8 Å². The Morgan fingerprint density at radius 3 is 3.15 bits per heavy atom. The molecule has 0 saturated heterocycles. The Hall–Kier alpha value is -2.08. The molecule has 0 spiro atoms. The molecule has 6 heteroatoms. The van der Waals surface area contributed by atoms with Crippen molar-refractivity contribution in [3.63, 3.8) is 0 Å². The molecule has 0 atom stereocenters. The maximum absolute atomic E-state index is 5.51. The van der Waals surface area contributed by atoms with E-state index in [1.54, 1.807) is 13.3 Å². The first-order valence-corrected chi connectivity index (χ1v) is 7.33. The molecule has 0 saturated carbocycles. The molecule has 1 aliphatic heterocycles. The molecule has 100 valence electrons. The van der Waals surface area contributed by atoms with Crippen LogP contribution in [0.15, 0.2) is 29.6 Å². The molecule has 4 rings (SSSR count). The number of rotatable bonds is 2. The second-order valence-corrected chi connectivity index (χ2v) is 5.74. The Balaban J connectivity index is 1.92. The predicted octanol–water partition coefficient (Wildman–Crippen LogP) is 2.68. The van der Waals surface area contributed by atoms with Crippen LogP contribution in [0.3, 0.4) is 0 Å². The number of fused-ring (bicyclic) bond motifs is 2. The second kappa shape index (κ2) is 4.49. The number of aromatic nitrogens is 4. The minimum atomic E-state index is 0.673. The number of nitrogens with zero attached hydrogens (tertiary/aromatic N) is 3. The van der Waals surface area contributed by atoms with Gasteiger partial charge in [-0.2, -0.15) is 0 Å². The minimum absolute atomic E-state index is 0.673. The topological polar surface area (TPSA) is 63.7 Å². The maximum atomic E-state index is 5.51. The van der Waals surface area contributed by atoms with Gasteiger partial charge in [-0.3, -0.25) is 0 Å². The molecule has 0 bridgehead atoms. The van der Waals surface area contributed by atoms with Crippen molar-refractivity contribution in [2.75, 3.05) is 12.9 Å². The zero-order chi connectivity index (χ0) is 13.5. The first-order valence-electron chi connectivity index (χ1n) is 6.35. The number of imidazole rings is 1. The average molecular weight is 284 g/mol. The van der Waals surface area contributed by atoms with Crippen LogP contribution in [0.2, 0.25) is 0 Å². The van der Waals surface area contributed by atoms with E-state index in [2.05, 4.69) is 32.1 Å². The SMILES string of the molecule is COc1cc2c(cc1-c1nc3ncncc3[nH]1)CCS2. The zero-order valence-corrected chi connectivity index (χ0v) is 11.7. The summed E-state index contributed by atoms with van der Waals surface area (Å²) in [6.45, 7) is 0. The lowest BCUT2D eigenvalue weighted by Gasteiger charge is -2.09. The number of hydrogen-bond donors (Lipinski definition) is 1. The van der Waals surface area contributed by atoms with Crippen molar-refractivity contribution >= 4 is 22.9 Å². The summed E-state index contributed by atoms with van der Waals surface area (Å²) in [5.41, 5.74) is 3.84. The summed E-state index contributed by atoms with van der Waals surface area (Å²) in [6, 6.07) is 4.26. The predicted molar refractivity (Wildman–Crippen MR) is 78.1 cm³/mol. The van der Waals surface area contributed by atoms with E-state index in [-0.39, 0.29) is 0 Å². The number of nitrogens with one attached hydrogen (secondary N) is 1. The first-order chi connectivity index (χ1) is 9.85. The Morgan fingerprint density at radius 2 is 2.30 bits per heavy atom. The number of aryl methyl sites for hydroxylation is 1. The first kappa shape index (κ1) is 11.7. The van der Waals surface area contributed by atoms with Crippen LogP contribution in [0.25, 0.3) is 22.6 Å². The third-order valence-electron chi connectivity index (χ3n) is 3.43. The number of benzene rings is 1. The van der Waals surface area contributed by atoms with Gasteiger partial charge in [0.25, 0.3) is 0 Å². The molecule has 0 unspecified atom stereocenters. The fraction of sp³-hybridized carbons (Fsp3) is 0.214. The van der Waals surface area contributed by atoms with Gasteiger partial charge in [0.1, 0.15) is 23.4 Å². The Morgan fingerprint density at radius 1 is 1.35 bits per heavy atom. The summed E-state index contributed by atoms with van der Waals surface area (Å²) in [6.07, 6.45) is 4.33. The van der Waals surface area contributed by atoms with Crippen LogP contribution < -0.4 is 4.74 Å². The van der Waals surface area contributed by atoms with Gasteiger partial charge in [-0.05, 0) is 24.1 Å². The van der Waals surface area contributed by atoms with Crippen LogP contribution in [0.4, 0.5) is 0 Å². The van der Waals surface area contributed by atoms with Gasteiger partial charge in [0.05, 0.1) is 18.9 Å². The molecule has 2 aromatic heterocycles. The third kappa shape index (κ3) is 1.76. The van der Waals surface area contributed by atoms with E-state index in [0.717, 1.165) is 34.8 Å². The van der Waals surface area contributed by atoms with E-state index in [4.69, 9.17) is 4.74 Å². The third-order valence-corrected chi connectivity index (χ3v) is 4.53. The van der Waals surface area contributed by atoms with Gasteiger partial charge in [-0.1, -0.05) is 0 Å². The molecule has 3 heterocycles. The molecule has 1 N–H and O–H groups in total. The molecule has 3 aromatic rings. The molecule has 0 fully saturated rings. The summed E-state index contributed by atoms with van der Waals surface area (Å²) in [4.78, 5) is 17.2. The number of thioether (sulfide) groups is 1.